The van der Waals surface area contributed by atoms with Crippen LogP contribution >= 0.6 is 22.9 Å². The fraction of sp³-hybridized carbons (Fsp3) is 0.105. The lowest BCUT2D eigenvalue weighted by atomic mass is 10.2. The maximum absolute atomic E-state index is 12.6. The van der Waals surface area contributed by atoms with E-state index in [-0.39, 0.29) is 5.91 Å². The summed E-state index contributed by atoms with van der Waals surface area (Å²) in [5, 5.41) is 6.77. The van der Waals surface area contributed by atoms with Crippen LogP contribution in [0.5, 0.6) is 0 Å². The average Bonchev–Trinajstić information content (AvgIpc) is 3.17. The summed E-state index contributed by atoms with van der Waals surface area (Å²) in [5.74, 6) is 0.583. The smallest absolute Gasteiger partial charge is 0.267 e. The Bertz CT molecular complexity index is 1100. The van der Waals surface area contributed by atoms with Crippen LogP contribution in [0.4, 0.5) is 22.5 Å². The van der Waals surface area contributed by atoms with Crippen LogP contribution in [0.15, 0.2) is 43.1 Å². The molecule has 0 bridgehead atoms. The van der Waals surface area contributed by atoms with Crippen molar-refractivity contribution in [1.29, 1.82) is 0 Å². The summed E-state index contributed by atoms with van der Waals surface area (Å²) in [5.41, 5.74) is 6.51. The summed E-state index contributed by atoms with van der Waals surface area (Å²) in [6, 6.07) is 6.98. The van der Waals surface area contributed by atoms with E-state index in [9.17, 15) is 9.59 Å². The molecule has 4 N–H and O–H groups in total. The number of carbonyl (C=O) groups excluding carboxylic acids is 2. The number of para-hydroxylation sites is 1. The molecule has 2 amide bonds. The van der Waals surface area contributed by atoms with Crippen molar-refractivity contribution in [2.24, 2.45) is 0 Å². The van der Waals surface area contributed by atoms with Crippen LogP contribution in [0.25, 0.3) is 0 Å². The zero-order chi connectivity index (χ0) is 21.7. The molecule has 9 nitrogen and oxygen atoms in total. The fourth-order valence-electron chi connectivity index (χ4n) is 2.38. The Labute approximate surface area is 181 Å². The molecule has 30 heavy (non-hydrogen) atoms. The second-order valence-electron chi connectivity index (χ2n) is 6.04. The highest BCUT2D eigenvalue weighted by atomic mass is 35.5. The first kappa shape index (κ1) is 21.2. The standard InChI is InChI=1S/C19H18ClN7O2S/c1-4-16(28)27-26-15-8-14(22-11(3)23-15)24-19-21-9-13(30-19)18(29)25-17-10(2)6-5-7-12(17)20/h4-9H,1H2,2-3H3,(H,25,29)(H,27,28)(H2,21,22,23,24,26). The number of hydrazine groups is 1. The minimum atomic E-state index is -0.398. The van der Waals surface area contributed by atoms with E-state index in [1.165, 1.54) is 6.20 Å². The normalized spacial score (nSPS) is 10.2. The van der Waals surface area contributed by atoms with Gasteiger partial charge in [0.15, 0.2) is 5.13 Å². The zero-order valence-corrected chi connectivity index (χ0v) is 17.7. The summed E-state index contributed by atoms with van der Waals surface area (Å²) < 4.78 is 0. The molecule has 0 spiro atoms. The second kappa shape index (κ2) is 9.33. The molecular formula is C19H18ClN7O2S. The van der Waals surface area contributed by atoms with E-state index in [2.05, 4.69) is 43.0 Å². The van der Waals surface area contributed by atoms with Crippen molar-refractivity contribution in [2.75, 3.05) is 16.1 Å². The molecule has 11 heteroatoms. The number of aromatic nitrogens is 3. The van der Waals surface area contributed by atoms with Gasteiger partial charge in [-0.3, -0.25) is 20.4 Å². The van der Waals surface area contributed by atoms with Crippen molar-refractivity contribution in [3.8, 4) is 0 Å². The number of carbonyl (C=O) groups is 2. The SMILES string of the molecule is C=CC(=O)NNc1cc(Nc2ncc(C(=O)Nc3c(C)cccc3Cl)s2)nc(C)n1. The lowest BCUT2D eigenvalue weighted by Crippen LogP contribution is -2.28. The van der Waals surface area contributed by atoms with Crippen LogP contribution in [0, 0.1) is 13.8 Å². The molecule has 0 saturated heterocycles. The Balaban J connectivity index is 1.71. The van der Waals surface area contributed by atoms with Gasteiger partial charge >= 0.3 is 0 Å². The molecule has 3 aromatic rings. The number of rotatable bonds is 7. The van der Waals surface area contributed by atoms with Gasteiger partial charge in [0.05, 0.1) is 16.9 Å². The molecule has 2 heterocycles. The lowest BCUT2D eigenvalue weighted by Gasteiger charge is -2.09. The van der Waals surface area contributed by atoms with E-state index >= 15 is 0 Å². The molecule has 0 atom stereocenters. The van der Waals surface area contributed by atoms with Crippen LogP contribution in [0.2, 0.25) is 5.02 Å². The van der Waals surface area contributed by atoms with Crippen molar-refractivity contribution in [3.63, 3.8) is 0 Å². The maximum Gasteiger partial charge on any atom is 0.267 e. The van der Waals surface area contributed by atoms with E-state index < -0.39 is 5.91 Å². The van der Waals surface area contributed by atoms with Crippen molar-refractivity contribution in [2.45, 2.75) is 13.8 Å². The summed E-state index contributed by atoms with van der Waals surface area (Å²) in [6.45, 7) is 6.94. The number of hydrogen-bond donors (Lipinski definition) is 4. The monoisotopic (exact) mass is 443 g/mol. The van der Waals surface area contributed by atoms with Gasteiger partial charge in [0.25, 0.3) is 11.8 Å². The molecule has 3 rings (SSSR count). The van der Waals surface area contributed by atoms with Gasteiger partial charge in [-0.15, -0.1) is 0 Å². The first-order chi connectivity index (χ1) is 14.4. The average molecular weight is 444 g/mol. The number of aryl methyl sites for hydroxylation is 2. The van der Waals surface area contributed by atoms with Crippen LogP contribution in [-0.4, -0.2) is 26.8 Å². The van der Waals surface area contributed by atoms with Crippen molar-refractivity contribution >= 4 is 57.2 Å². The molecule has 1 aromatic carbocycles. The number of hydrogen-bond acceptors (Lipinski definition) is 8. The van der Waals surface area contributed by atoms with E-state index in [0.29, 0.717) is 38.2 Å². The van der Waals surface area contributed by atoms with E-state index in [1.54, 1.807) is 19.1 Å². The molecule has 154 valence electrons. The lowest BCUT2D eigenvalue weighted by molar-refractivity contribution is -0.116. The topological polar surface area (TPSA) is 121 Å². The molecule has 0 fully saturated rings. The van der Waals surface area contributed by atoms with E-state index in [0.717, 1.165) is 23.0 Å². The third kappa shape index (κ3) is 5.31. The molecule has 0 saturated carbocycles. The van der Waals surface area contributed by atoms with Gasteiger partial charge < -0.3 is 10.6 Å². The largest absolute Gasteiger partial charge is 0.320 e. The number of nitrogens with zero attached hydrogens (tertiary/aromatic N) is 3. The number of benzene rings is 1. The van der Waals surface area contributed by atoms with Gasteiger partial charge in [-0.25, -0.2) is 15.0 Å². The van der Waals surface area contributed by atoms with Crippen LogP contribution < -0.4 is 21.5 Å². The number of nitrogens with one attached hydrogen (secondary N) is 4. The molecular weight excluding hydrogens is 426 g/mol. The van der Waals surface area contributed by atoms with Crippen LogP contribution in [-0.2, 0) is 4.79 Å². The van der Waals surface area contributed by atoms with Gasteiger partial charge in [-0.1, -0.05) is 41.6 Å². The van der Waals surface area contributed by atoms with Gasteiger partial charge in [0.1, 0.15) is 22.3 Å². The molecule has 0 aliphatic heterocycles. The third-order valence-corrected chi connectivity index (χ3v) is 4.99. The molecule has 0 aliphatic carbocycles. The number of amides is 2. The Morgan fingerprint density at radius 2 is 1.97 bits per heavy atom. The highest BCUT2D eigenvalue weighted by molar-refractivity contribution is 7.17. The Kier molecular flexibility index (Phi) is 6.60. The summed E-state index contributed by atoms with van der Waals surface area (Å²) in [4.78, 5) is 36.9. The Hall–Kier alpha value is -3.50. The summed E-state index contributed by atoms with van der Waals surface area (Å²) in [7, 11) is 0. The van der Waals surface area contributed by atoms with E-state index in [4.69, 9.17) is 11.6 Å². The summed E-state index contributed by atoms with van der Waals surface area (Å²) in [6.07, 6.45) is 2.60. The maximum atomic E-state index is 12.6. The van der Waals surface area contributed by atoms with Gasteiger partial charge in [0.2, 0.25) is 0 Å². The molecule has 0 aliphatic rings. The predicted octanol–water partition coefficient (Wildman–Crippen LogP) is 3.83. The minimum absolute atomic E-state index is 0.315. The highest BCUT2D eigenvalue weighted by Crippen LogP contribution is 2.28. The zero-order valence-electron chi connectivity index (χ0n) is 16.1. The first-order valence-electron chi connectivity index (χ1n) is 8.69. The van der Waals surface area contributed by atoms with Crippen molar-refractivity contribution < 1.29 is 9.59 Å². The first-order valence-corrected chi connectivity index (χ1v) is 9.88. The van der Waals surface area contributed by atoms with Gasteiger partial charge in [0, 0.05) is 6.07 Å². The summed E-state index contributed by atoms with van der Waals surface area (Å²) >= 11 is 7.33. The van der Waals surface area contributed by atoms with Crippen molar-refractivity contribution in [1.82, 2.24) is 20.4 Å². The quantitative estimate of drug-likeness (QED) is 0.323. The second-order valence-corrected chi connectivity index (χ2v) is 7.48. The van der Waals surface area contributed by atoms with E-state index in [1.807, 2.05) is 19.1 Å². The van der Waals surface area contributed by atoms with Gasteiger partial charge in [-0.05, 0) is 31.6 Å². The Morgan fingerprint density at radius 1 is 1.20 bits per heavy atom. The number of anilines is 4. The fourth-order valence-corrected chi connectivity index (χ4v) is 3.37. The third-order valence-electron chi connectivity index (χ3n) is 3.76. The molecule has 0 radical (unpaired) electrons. The minimum Gasteiger partial charge on any atom is -0.320 e. The van der Waals surface area contributed by atoms with Crippen molar-refractivity contribution in [3.05, 3.63) is 64.4 Å². The molecule has 0 unspecified atom stereocenters. The highest BCUT2D eigenvalue weighted by Gasteiger charge is 2.14. The Morgan fingerprint density at radius 3 is 2.70 bits per heavy atom. The predicted molar refractivity (Wildman–Crippen MR) is 118 cm³/mol. The van der Waals surface area contributed by atoms with Gasteiger partial charge in [-0.2, -0.15) is 0 Å². The number of thiazole rings is 1. The van der Waals surface area contributed by atoms with Crippen LogP contribution in [0.3, 0.4) is 0 Å². The number of halogens is 1. The van der Waals surface area contributed by atoms with Crippen LogP contribution in [0.1, 0.15) is 21.1 Å². The molecule has 2 aromatic heterocycles.